The molecule has 2 aromatic carbocycles. The second kappa shape index (κ2) is 5.72. The van der Waals surface area contributed by atoms with Crippen LogP contribution in [0.1, 0.15) is 23.6 Å². The van der Waals surface area contributed by atoms with Gasteiger partial charge in [-0.15, -0.1) is 11.3 Å². The fraction of sp³-hybridized carbons (Fsp3) is 0.158. The Morgan fingerprint density at radius 3 is 2.88 bits per heavy atom. The normalized spacial score (nSPS) is 12.0. The van der Waals surface area contributed by atoms with E-state index >= 15 is 0 Å². The monoisotopic (exact) mass is 354 g/mol. The van der Waals surface area contributed by atoms with E-state index in [0.717, 1.165) is 28.3 Å². The lowest BCUT2D eigenvalue weighted by Crippen LogP contribution is -2.05. The van der Waals surface area contributed by atoms with E-state index in [-0.39, 0.29) is 5.91 Å². The molecule has 1 aliphatic carbocycles. The van der Waals surface area contributed by atoms with Crippen LogP contribution in [-0.2, 0) is 11.2 Å². The van der Waals surface area contributed by atoms with Crippen LogP contribution in [0.3, 0.4) is 0 Å². The van der Waals surface area contributed by atoms with Crippen LogP contribution in [0.4, 0.5) is 5.13 Å². The van der Waals surface area contributed by atoms with Gasteiger partial charge in [0.1, 0.15) is 0 Å². The SMILES string of the molecule is CC(=O)Nc1nc(-c2ccc(Cl)c3c2Cc2cccc(C)c2-3)cs1. The van der Waals surface area contributed by atoms with E-state index < -0.39 is 0 Å². The molecule has 0 bridgehead atoms. The Balaban J connectivity index is 1.86. The molecule has 1 aliphatic rings. The molecule has 3 aromatic rings. The van der Waals surface area contributed by atoms with E-state index in [4.69, 9.17) is 11.6 Å². The molecule has 0 fully saturated rings. The van der Waals surface area contributed by atoms with E-state index in [1.165, 1.54) is 40.5 Å². The Hall–Kier alpha value is -2.17. The molecular weight excluding hydrogens is 340 g/mol. The summed E-state index contributed by atoms with van der Waals surface area (Å²) < 4.78 is 0. The maximum Gasteiger partial charge on any atom is 0.223 e. The Labute approximate surface area is 149 Å². The van der Waals surface area contributed by atoms with E-state index in [9.17, 15) is 4.79 Å². The predicted molar refractivity (Wildman–Crippen MR) is 99.8 cm³/mol. The van der Waals surface area contributed by atoms with Gasteiger partial charge in [0.15, 0.2) is 5.13 Å². The van der Waals surface area contributed by atoms with E-state index in [1.54, 1.807) is 0 Å². The van der Waals surface area contributed by atoms with Crippen molar-refractivity contribution >= 4 is 34.0 Å². The molecule has 0 radical (unpaired) electrons. The number of amides is 1. The van der Waals surface area contributed by atoms with Gasteiger partial charge in [-0.1, -0.05) is 35.9 Å². The maximum absolute atomic E-state index is 11.2. The molecule has 24 heavy (non-hydrogen) atoms. The van der Waals surface area contributed by atoms with E-state index in [2.05, 4.69) is 35.4 Å². The first-order valence-corrected chi connectivity index (χ1v) is 8.94. The first-order chi connectivity index (χ1) is 11.5. The Morgan fingerprint density at radius 2 is 2.08 bits per heavy atom. The van der Waals surface area contributed by atoms with Gasteiger partial charge in [-0.2, -0.15) is 0 Å². The second-order valence-electron chi connectivity index (χ2n) is 5.95. The zero-order valence-electron chi connectivity index (χ0n) is 13.3. The lowest BCUT2D eigenvalue weighted by molar-refractivity contribution is -0.114. The third-order valence-electron chi connectivity index (χ3n) is 4.30. The van der Waals surface area contributed by atoms with Gasteiger partial charge in [-0.05, 0) is 41.7 Å². The molecular formula is C19H15ClN2OS. The predicted octanol–water partition coefficient (Wildman–Crippen LogP) is 5.30. The van der Waals surface area contributed by atoms with Crippen LogP contribution < -0.4 is 5.32 Å². The molecule has 0 atom stereocenters. The minimum atomic E-state index is -0.111. The number of fused-ring (bicyclic) bond motifs is 3. The highest BCUT2D eigenvalue weighted by atomic mass is 35.5. The molecule has 0 saturated heterocycles. The fourth-order valence-electron chi connectivity index (χ4n) is 3.34. The van der Waals surface area contributed by atoms with Crippen molar-refractivity contribution in [1.29, 1.82) is 0 Å². The number of aromatic nitrogens is 1. The van der Waals surface area contributed by atoms with Crippen LogP contribution in [0.2, 0.25) is 5.02 Å². The van der Waals surface area contributed by atoms with Crippen LogP contribution in [0.15, 0.2) is 35.7 Å². The number of nitrogens with zero attached hydrogens (tertiary/aromatic N) is 1. The largest absolute Gasteiger partial charge is 0.302 e. The number of hydrogen-bond acceptors (Lipinski definition) is 3. The quantitative estimate of drug-likeness (QED) is 0.530. The topological polar surface area (TPSA) is 42.0 Å². The zero-order valence-corrected chi connectivity index (χ0v) is 14.9. The lowest BCUT2D eigenvalue weighted by Gasteiger charge is -2.10. The third kappa shape index (κ3) is 2.43. The van der Waals surface area contributed by atoms with Crippen molar-refractivity contribution < 1.29 is 4.79 Å². The second-order valence-corrected chi connectivity index (χ2v) is 7.22. The highest BCUT2D eigenvalue weighted by Gasteiger charge is 2.26. The van der Waals surface area contributed by atoms with Crippen LogP contribution >= 0.6 is 22.9 Å². The standard InChI is InChI=1S/C19H15ClN2OS/c1-10-4-3-5-12-8-14-13(6-7-15(20)18(14)17(10)12)16-9-24-19(22-16)21-11(2)23/h3-7,9H,8H2,1-2H3,(H,21,22,23). The molecule has 1 N–H and O–H groups in total. The van der Waals surface area contributed by atoms with Crippen molar-refractivity contribution in [1.82, 2.24) is 4.98 Å². The number of benzene rings is 2. The summed E-state index contributed by atoms with van der Waals surface area (Å²) in [5.74, 6) is -0.111. The summed E-state index contributed by atoms with van der Waals surface area (Å²) in [5.41, 5.74) is 8.08. The number of thiazole rings is 1. The summed E-state index contributed by atoms with van der Waals surface area (Å²) in [6.07, 6.45) is 0.856. The number of hydrogen-bond donors (Lipinski definition) is 1. The fourth-order valence-corrected chi connectivity index (χ4v) is 4.37. The van der Waals surface area contributed by atoms with Crippen molar-refractivity contribution in [3.05, 3.63) is 57.4 Å². The molecule has 1 heterocycles. The minimum absolute atomic E-state index is 0.111. The summed E-state index contributed by atoms with van der Waals surface area (Å²) in [7, 11) is 0. The van der Waals surface area contributed by atoms with Crippen molar-refractivity contribution in [2.75, 3.05) is 5.32 Å². The molecule has 0 spiro atoms. The average molecular weight is 355 g/mol. The maximum atomic E-state index is 11.2. The van der Waals surface area contributed by atoms with Gasteiger partial charge in [0, 0.05) is 28.5 Å². The number of carbonyl (C=O) groups excluding carboxylic acids is 1. The first-order valence-electron chi connectivity index (χ1n) is 7.68. The van der Waals surface area contributed by atoms with Crippen molar-refractivity contribution in [2.24, 2.45) is 0 Å². The number of carbonyl (C=O) groups is 1. The lowest BCUT2D eigenvalue weighted by atomic mass is 9.97. The van der Waals surface area contributed by atoms with Gasteiger partial charge in [0.25, 0.3) is 0 Å². The number of nitrogens with one attached hydrogen (secondary N) is 1. The molecule has 1 aromatic heterocycles. The third-order valence-corrected chi connectivity index (χ3v) is 5.37. The van der Waals surface area contributed by atoms with E-state index in [1.807, 2.05) is 17.5 Å². The minimum Gasteiger partial charge on any atom is -0.302 e. The highest BCUT2D eigenvalue weighted by molar-refractivity contribution is 7.14. The van der Waals surface area contributed by atoms with Crippen molar-refractivity contribution in [2.45, 2.75) is 20.3 Å². The molecule has 120 valence electrons. The van der Waals surface area contributed by atoms with Crippen LogP contribution in [0.25, 0.3) is 22.4 Å². The zero-order chi connectivity index (χ0) is 16.8. The van der Waals surface area contributed by atoms with Crippen molar-refractivity contribution in [3.8, 4) is 22.4 Å². The Bertz CT molecular complexity index is 977. The Morgan fingerprint density at radius 1 is 1.25 bits per heavy atom. The summed E-state index contributed by atoms with van der Waals surface area (Å²) in [6.45, 7) is 3.61. The van der Waals surface area contributed by atoms with Crippen LogP contribution in [-0.4, -0.2) is 10.9 Å². The number of halogens is 1. The molecule has 0 saturated carbocycles. The highest BCUT2D eigenvalue weighted by Crippen LogP contribution is 2.46. The molecule has 0 unspecified atom stereocenters. The average Bonchev–Trinajstić information content (AvgIpc) is 3.12. The number of rotatable bonds is 2. The van der Waals surface area contributed by atoms with Gasteiger partial charge < -0.3 is 5.32 Å². The Kier molecular flexibility index (Phi) is 3.66. The summed E-state index contributed by atoms with van der Waals surface area (Å²) in [4.78, 5) is 15.8. The van der Waals surface area contributed by atoms with Gasteiger partial charge in [0.05, 0.1) is 5.69 Å². The van der Waals surface area contributed by atoms with E-state index in [0.29, 0.717) is 5.13 Å². The summed E-state index contributed by atoms with van der Waals surface area (Å²) in [6, 6.07) is 10.3. The molecule has 1 amide bonds. The van der Waals surface area contributed by atoms with Gasteiger partial charge in [-0.25, -0.2) is 4.98 Å². The molecule has 4 rings (SSSR count). The van der Waals surface area contributed by atoms with Crippen LogP contribution in [0, 0.1) is 6.92 Å². The van der Waals surface area contributed by atoms with Crippen molar-refractivity contribution in [3.63, 3.8) is 0 Å². The summed E-state index contributed by atoms with van der Waals surface area (Å²) in [5, 5.41) is 6.11. The van der Waals surface area contributed by atoms with Crippen LogP contribution in [0.5, 0.6) is 0 Å². The van der Waals surface area contributed by atoms with Gasteiger partial charge >= 0.3 is 0 Å². The summed E-state index contributed by atoms with van der Waals surface area (Å²) >= 11 is 7.96. The molecule has 3 nitrogen and oxygen atoms in total. The van der Waals surface area contributed by atoms with Gasteiger partial charge in [-0.3, -0.25) is 4.79 Å². The number of aryl methyl sites for hydroxylation is 1. The molecule has 0 aliphatic heterocycles. The smallest absolute Gasteiger partial charge is 0.223 e. The number of anilines is 1. The molecule has 5 heteroatoms. The first kappa shape index (κ1) is 15.4. The van der Waals surface area contributed by atoms with Gasteiger partial charge in [0.2, 0.25) is 5.91 Å².